The van der Waals surface area contributed by atoms with Gasteiger partial charge >= 0.3 is 8.56 Å². The lowest BCUT2D eigenvalue weighted by Crippen LogP contribution is -2.52. The van der Waals surface area contributed by atoms with Gasteiger partial charge in [0.2, 0.25) is 0 Å². The van der Waals surface area contributed by atoms with E-state index in [0.717, 1.165) is 12.5 Å². The van der Waals surface area contributed by atoms with E-state index in [9.17, 15) is 4.79 Å². The Hall–Kier alpha value is -0.0194. The SMILES string of the molecule is C=C(C)C(=O)CCC[Si](C)(C)O[Si](C)(C)O[Si](C)(C)CCCC. The molecule has 0 aromatic rings. The van der Waals surface area contributed by atoms with Crippen LogP contribution < -0.4 is 0 Å². The molecular formula is C17H38O3Si3. The van der Waals surface area contributed by atoms with Crippen LogP contribution in [0.1, 0.15) is 39.5 Å². The summed E-state index contributed by atoms with van der Waals surface area (Å²) in [6, 6.07) is 2.21. The average molecular weight is 375 g/mol. The van der Waals surface area contributed by atoms with Crippen LogP contribution in [0, 0.1) is 0 Å². The Labute approximate surface area is 147 Å². The number of Topliss-reactive ketones (excluding diaryl/α,β-unsaturated/α-hetero) is 1. The van der Waals surface area contributed by atoms with Crippen molar-refractivity contribution < 1.29 is 13.0 Å². The standard InChI is InChI=1S/C17H38O3Si3/c1-10-11-14-21(4,5)19-23(8,9)20-22(6,7)15-12-13-17(18)16(2)3/h2,10-15H2,1,3-9H3. The summed E-state index contributed by atoms with van der Waals surface area (Å²) >= 11 is 0. The zero-order chi connectivity index (χ0) is 18.3. The molecule has 0 aliphatic carbocycles. The molecule has 0 aromatic heterocycles. The van der Waals surface area contributed by atoms with Crippen molar-refractivity contribution >= 4 is 31.0 Å². The lowest BCUT2D eigenvalue weighted by atomic mass is 10.1. The molecule has 0 saturated carbocycles. The predicted octanol–water partition coefficient (Wildman–Crippen LogP) is 5.86. The van der Waals surface area contributed by atoms with Crippen LogP contribution in [-0.4, -0.2) is 31.0 Å². The van der Waals surface area contributed by atoms with Crippen LogP contribution in [-0.2, 0) is 13.0 Å². The molecule has 0 heterocycles. The third kappa shape index (κ3) is 11.2. The molecule has 0 aliphatic heterocycles. The normalized spacial score (nSPS) is 13.2. The van der Waals surface area contributed by atoms with Crippen LogP contribution in [0.4, 0.5) is 0 Å². The second-order valence-electron chi connectivity index (χ2n) is 8.28. The molecule has 0 atom stereocenters. The van der Waals surface area contributed by atoms with Gasteiger partial charge in [0, 0.05) is 6.42 Å². The third-order valence-corrected chi connectivity index (χ3v) is 15.3. The van der Waals surface area contributed by atoms with Crippen LogP contribution in [0.3, 0.4) is 0 Å². The maximum absolute atomic E-state index is 11.7. The van der Waals surface area contributed by atoms with Gasteiger partial charge in [0.25, 0.3) is 0 Å². The fraction of sp³-hybridized carbons (Fsp3) is 0.824. The lowest BCUT2D eigenvalue weighted by Gasteiger charge is -2.38. The summed E-state index contributed by atoms with van der Waals surface area (Å²) in [6.45, 7) is 21.2. The molecule has 0 unspecified atom stereocenters. The Morgan fingerprint density at radius 3 is 1.74 bits per heavy atom. The largest absolute Gasteiger partial charge is 0.437 e. The molecule has 0 bridgehead atoms. The first-order chi connectivity index (χ1) is 10.3. The summed E-state index contributed by atoms with van der Waals surface area (Å²) in [4.78, 5) is 11.7. The van der Waals surface area contributed by atoms with Crippen molar-refractivity contribution in [3.63, 3.8) is 0 Å². The quantitative estimate of drug-likeness (QED) is 0.317. The van der Waals surface area contributed by atoms with E-state index in [1.165, 1.54) is 18.9 Å². The van der Waals surface area contributed by atoms with E-state index in [1.807, 2.05) is 0 Å². The highest BCUT2D eigenvalue weighted by Gasteiger charge is 2.39. The Balaban J connectivity index is 4.49. The Bertz CT molecular complexity index is 404. The van der Waals surface area contributed by atoms with Crippen molar-refractivity contribution in [1.29, 1.82) is 0 Å². The van der Waals surface area contributed by atoms with Gasteiger partial charge in [-0.3, -0.25) is 4.79 Å². The number of unbranched alkanes of at least 4 members (excludes halogenated alkanes) is 1. The fourth-order valence-corrected chi connectivity index (χ4v) is 17.2. The number of carbonyl (C=O) groups is 1. The van der Waals surface area contributed by atoms with Crippen LogP contribution in [0.25, 0.3) is 0 Å². The zero-order valence-electron chi connectivity index (χ0n) is 16.7. The van der Waals surface area contributed by atoms with Gasteiger partial charge in [-0.25, -0.2) is 0 Å². The molecule has 0 rings (SSSR count). The molecule has 0 amide bonds. The van der Waals surface area contributed by atoms with E-state index < -0.39 is 25.2 Å². The molecular weight excluding hydrogens is 336 g/mol. The summed E-state index contributed by atoms with van der Waals surface area (Å²) in [5.74, 6) is 0.177. The smallest absolute Gasteiger partial charge is 0.311 e. The topological polar surface area (TPSA) is 35.5 Å². The first-order valence-electron chi connectivity index (χ1n) is 8.89. The first-order valence-corrected chi connectivity index (χ1v) is 17.9. The van der Waals surface area contributed by atoms with Gasteiger partial charge < -0.3 is 8.23 Å². The maximum Gasteiger partial charge on any atom is 0.311 e. The van der Waals surface area contributed by atoms with Crippen LogP contribution >= 0.6 is 0 Å². The molecule has 0 saturated heterocycles. The van der Waals surface area contributed by atoms with E-state index in [4.69, 9.17) is 8.23 Å². The zero-order valence-corrected chi connectivity index (χ0v) is 19.7. The summed E-state index contributed by atoms with van der Waals surface area (Å²) in [6.07, 6.45) is 3.95. The van der Waals surface area contributed by atoms with Crippen molar-refractivity contribution in [3.8, 4) is 0 Å². The van der Waals surface area contributed by atoms with Crippen molar-refractivity contribution in [1.82, 2.24) is 0 Å². The molecule has 23 heavy (non-hydrogen) atoms. The van der Waals surface area contributed by atoms with Gasteiger partial charge in [-0.05, 0) is 70.3 Å². The second-order valence-corrected chi connectivity index (χ2v) is 20.8. The number of carbonyl (C=O) groups excluding carboxylic acids is 1. The molecule has 136 valence electrons. The van der Waals surface area contributed by atoms with Gasteiger partial charge in [0.15, 0.2) is 22.4 Å². The van der Waals surface area contributed by atoms with E-state index >= 15 is 0 Å². The van der Waals surface area contributed by atoms with Gasteiger partial charge in [-0.2, -0.15) is 0 Å². The highest BCUT2D eigenvalue weighted by atomic mass is 28.5. The summed E-state index contributed by atoms with van der Waals surface area (Å²) < 4.78 is 13.1. The number of ketones is 1. The highest BCUT2D eigenvalue weighted by molar-refractivity contribution is 6.87. The average Bonchev–Trinajstić information content (AvgIpc) is 2.32. The van der Waals surface area contributed by atoms with Gasteiger partial charge in [-0.1, -0.05) is 26.3 Å². The molecule has 0 N–H and O–H groups in total. The summed E-state index contributed by atoms with van der Waals surface area (Å²) in [7, 11) is -5.53. The van der Waals surface area contributed by atoms with Crippen molar-refractivity contribution in [2.24, 2.45) is 0 Å². The molecule has 0 aliphatic rings. The molecule has 0 aromatic carbocycles. The molecule has 0 spiro atoms. The van der Waals surface area contributed by atoms with Gasteiger partial charge in [0.1, 0.15) is 0 Å². The van der Waals surface area contributed by atoms with Gasteiger partial charge in [-0.15, -0.1) is 0 Å². The minimum absolute atomic E-state index is 0.177. The Morgan fingerprint density at radius 2 is 1.35 bits per heavy atom. The Morgan fingerprint density at radius 1 is 0.913 bits per heavy atom. The van der Waals surface area contributed by atoms with Crippen molar-refractivity contribution in [3.05, 3.63) is 12.2 Å². The minimum atomic E-state index is -2.10. The molecule has 0 radical (unpaired) electrons. The molecule has 6 heteroatoms. The van der Waals surface area contributed by atoms with Crippen LogP contribution in [0.15, 0.2) is 12.2 Å². The van der Waals surface area contributed by atoms with Gasteiger partial charge in [0.05, 0.1) is 0 Å². The number of rotatable bonds is 12. The highest BCUT2D eigenvalue weighted by Crippen LogP contribution is 2.26. The summed E-state index contributed by atoms with van der Waals surface area (Å²) in [5, 5.41) is 0. The van der Waals surface area contributed by atoms with E-state index in [0.29, 0.717) is 12.0 Å². The van der Waals surface area contributed by atoms with Crippen molar-refractivity contribution in [2.45, 2.75) is 90.9 Å². The third-order valence-electron chi connectivity index (χ3n) is 3.84. The van der Waals surface area contributed by atoms with E-state index in [-0.39, 0.29) is 5.78 Å². The minimum Gasteiger partial charge on any atom is -0.437 e. The fourth-order valence-electron chi connectivity index (χ4n) is 2.94. The first kappa shape index (κ1) is 23.0. The second kappa shape index (κ2) is 9.46. The monoisotopic (exact) mass is 374 g/mol. The molecule has 0 fully saturated rings. The number of allylic oxidation sites excluding steroid dienone is 1. The van der Waals surface area contributed by atoms with Crippen molar-refractivity contribution in [2.75, 3.05) is 0 Å². The Kier molecular flexibility index (Phi) is 9.45. The van der Waals surface area contributed by atoms with E-state index in [2.05, 4.69) is 52.8 Å². The van der Waals surface area contributed by atoms with E-state index in [1.54, 1.807) is 6.92 Å². The lowest BCUT2D eigenvalue weighted by molar-refractivity contribution is -0.115. The number of hydrogen-bond acceptors (Lipinski definition) is 3. The number of hydrogen-bond donors (Lipinski definition) is 0. The summed E-state index contributed by atoms with van der Waals surface area (Å²) in [5.41, 5.74) is 0.659. The van der Waals surface area contributed by atoms with Crippen LogP contribution in [0.5, 0.6) is 0 Å². The predicted molar refractivity (Wildman–Crippen MR) is 108 cm³/mol. The maximum atomic E-state index is 11.7. The van der Waals surface area contributed by atoms with Crippen LogP contribution in [0.2, 0.25) is 51.4 Å². The molecule has 3 nitrogen and oxygen atoms in total.